The first kappa shape index (κ1) is 12.5. The van der Waals surface area contributed by atoms with Gasteiger partial charge >= 0.3 is 0 Å². The Kier molecular flexibility index (Phi) is 3.80. The molecule has 1 saturated carbocycles. The summed E-state index contributed by atoms with van der Waals surface area (Å²) in [7, 11) is -3.49. The number of H-pyrrole nitrogens is 1. The molecule has 0 saturated heterocycles. The number of sulfonamides is 1. The molecular weight excluding hydrogens is 240 g/mol. The van der Waals surface area contributed by atoms with E-state index in [9.17, 15) is 8.42 Å². The van der Waals surface area contributed by atoms with E-state index in [4.69, 9.17) is 5.73 Å². The van der Waals surface area contributed by atoms with Crippen LogP contribution in [0.4, 0.5) is 0 Å². The van der Waals surface area contributed by atoms with Crippen LogP contribution in [-0.2, 0) is 10.0 Å². The summed E-state index contributed by atoms with van der Waals surface area (Å²) in [5.41, 5.74) is 5.99. The van der Waals surface area contributed by atoms with E-state index in [1.54, 1.807) is 0 Å². The minimum Gasteiger partial charge on any atom is -0.326 e. The van der Waals surface area contributed by atoms with E-state index in [-0.39, 0.29) is 17.0 Å². The molecule has 0 radical (unpaired) electrons. The minimum absolute atomic E-state index is 0.0980. The fourth-order valence-electron chi connectivity index (χ4n) is 2.14. The van der Waals surface area contributed by atoms with Crippen molar-refractivity contribution in [3.05, 3.63) is 12.4 Å². The van der Waals surface area contributed by atoms with E-state index < -0.39 is 10.0 Å². The predicted molar refractivity (Wildman–Crippen MR) is 63.8 cm³/mol. The molecule has 0 bridgehead atoms. The van der Waals surface area contributed by atoms with E-state index in [2.05, 4.69) is 14.9 Å². The third-order valence-electron chi connectivity index (χ3n) is 3.16. The summed E-state index contributed by atoms with van der Waals surface area (Å²) in [6, 6.07) is -0.267. The van der Waals surface area contributed by atoms with Gasteiger partial charge in [0.1, 0.15) is 4.90 Å². The summed E-state index contributed by atoms with van der Waals surface area (Å²) in [6.07, 6.45) is 7.56. The van der Waals surface area contributed by atoms with Crippen LogP contribution in [0.3, 0.4) is 0 Å². The Morgan fingerprint density at radius 2 is 2.12 bits per heavy atom. The summed E-state index contributed by atoms with van der Waals surface area (Å²) in [4.78, 5) is 0.161. The van der Waals surface area contributed by atoms with Crippen LogP contribution in [0.15, 0.2) is 17.3 Å². The van der Waals surface area contributed by atoms with Gasteiger partial charge in [-0.3, -0.25) is 5.10 Å². The zero-order chi connectivity index (χ0) is 12.3. The number of nitrogens with zero attached hydrogens (tertiary/aromatic N) is 1. The molecule has 2 atom stereocenters. The van der Waals surface area contributed by atoms with Gasteiger partial charge in [-0.2, -0.15) is 5.10 Å². The lowest BCUT2D eigenvalue weighted by atomic mass is 10.1. The Hall–Kier alpha value is -0.920. The highest BCUT2D eigenvalue weighted by atomic mass is 32.2. The van der Waals surface area contributed by atoms with Crippen molar-refractivity contribution in [2.45, 2.75) is 49.1 Å². The summed E-state index contributed by atoms with van der Waals surface area (Å²) in [5, 5.41) is 6.14. The minimum atomic E-state index is -3.49. The molecule has 4 N–H and O–H groups in total. The molecule has 1 aromatic heterocycles. The van der Waals surface area contributed by atoms with Crippen LogP contribution < -0.4 is 10.5 Å². The second kappa shape index (κ2) is 5.16. The molecule has 96 valence electrons. The standard InChI is InChI=1S/C10H18N4O2S/c11-9-4-2-1-3-5-10(9)14-17(15,16)8-6-12-13-7-8/h6-7,9-10,14H,1-5,11H2,(H,12,13). The van der Waals surface area contributed by atoms with Crippen LogP contribution >= 0.6 is 0 Å². The Labute approximate surface area is 101 Å². The summed E-state index contributed by atoms with van der Waals surface area (Å²) in [6.45, 7) is 0. The molecule has 1 aromatic rings. The topological polar surface area (TPSA) is 101 Å². The average molecular weight is 258 g/mol. The molecule has 1 aliphatic rings. The normalized spacial score (nSPS) is 26.6. The van der Waals surface area contributed by atoms with E-state index in [1.165, 1.54) is 12.4 Å². The number of nitrogens with two attached hydrogens (primary N) is 1. The Bertz CT molecular complexity index is 443. The van der Waals surface area contributed by atoms with Crippen molar-refractivity contribution in [2.24, 2.45) is 5.73 Å². The van der Waals surface area contributed by atoms with E-state index in [0.717, 1.165) is 32.1 Å². The van der Waals surface area contributed by atoms with Gasteiger partial charge in [0.2, 0.25) is 10.0 Å². The number of rotatable bonds is 3. The highest BCUT2D eigenvalue weighted by Gasteiger charge is 2.26. The van der Waals surface area contributed by atoms with E-state index in [0.29, 0.717) is 0 Å². The molecular formula is C10H18N4O2S. The number of hydrogen-bond acceptors (Lipinski definition) is 4. The van der Waals surface area contributed by atoms with Gasteiger partial charge < -0.3 is 5.73 Å². The molecule has 0 aliphatic heterocycles. The number of hydrogen-bond donors (Lipinski definition) is 3. The largest absolute Gasteiger partial charge is 0.326 e. The molecule has 0 aromatic carbocycles. The average Bonchev–Trinajstić information content (AvgIpc) is 2.74. The molecule has 1 fully saturated rings. The molecule has 2 rings (SSSR count). The van der Waals surface area contributed by atoms with Crippen molar-refractivity contribution in [1.82, 2.24) is 14.9 Å². The fourth-order valence-corrected chi connectivity index (χ4v) is 3.36. The van der Waals surface area contributed by atoms with Crippen LogP contribution in [-0.4, -0.2) is 30.7 Å². The quantitative estimate of drug-likeness (QED) is 0.681. The lowest BCUT2D eigenvalue weighted by Gasteiger charge is -2.22. The van der Waals surface area contributed by atoms with Crippen molar-refractivity contribution in [3.63, 3.8) is 0 Å². The monoisotopic (exact) mass is 258 g/mol. The molecule has 17 heavy (non-hydrogen) atoms. The third kappa shape index (κ3) is 3.05. The molecule has 1 heterocycles. The highest BCUT2D eigenvalue weighted by Crippen LogP contribution is 2.18. The smallest absolute Gasteiger partial charge is 0.243 e. The maximum atomic E-state index is 12.0. The summed E-state index contributed by atoms with van der Waals surface area (Å²) >= 11 is 0. The van der Waals surface area contributed by atoms with Gasteiger partial charge in [0.15, 0.2) is 0 Å². The van der Waals surface area contributed by atoms with Crippen LogP contribution in [0.2, 0.25) is 0 Å². The van der Waals surface area contributed by atoms with Gasteiger partial charge in [0, 0.05) is 18.3 Å². The van der Waals surface area contributed by atoms with Gasteiger partial charge in [0.05, 0.1) is 6.20 Å². The van der Waals surface area contributed by atoms with Crippen molar-refractivity contribution < 1.29 is 8.42 Å². The van der Waals surface area contributed by atoms with Crippen LogP contribution in [0.5, 0.6) is 0 Å². The van der Waals surface area contributed by atoms with Gasteiger partial charge in [-0.05, 0) is 12.8 Å². The van der Waals surface area contributed by atoms with Crippen molar-refractivity contribution >= 4 is 10.0 Å². The first-order valence-electron chi connectivity index (χ1n) is 5.86. The Morgan fingerprint density at radius 3 is 2.82 bits per heavy atom. The van der Waals surface area contributed by atoms with Crippen LogP contribution in [0, 0.1) is 0 Å². The SMILES string of the molecule is NC1CCCCCC1NS(=O)(=O)c1cn[nH]c1. The molecule has 7 heteroatoms. The van der Waals surface area contributed by atoms with Gasteiger partial charge in [-0.15, -0.1) is 0 Å². The first-order chi connectivity index (χ1) is 8.09. The number of aromatic nitrogens is 2. The maximum Gasteiger partial charge on any atom is 0.243 e. The molecule has 0 spiro atoms. The Balaban J connectivity index is 2.09. The van der Waals surface area contributed by atoms with Gasteiger partial charge in [-0.1, -0.05) is 19.3 Å². The number of aromatic amines is 1. The number of nitrogens with one attached hydrogen (secondary N) is 2. The van der Waals surface area contributed by atoms with Crippen LogP contribution in [0.1, 0.15) is 32.1 Å². The fraction of sp³-hybridized carbons (Fsp3) is 0.700. The van der Waals surface area contributed by atoms with Crippen LogP contribution in [0.25, 0.3) is 0 Å². The second-order valence-corrected chi connectivity index (χ2v) is 6.18. The molecule has 0 amide bonds. The second-order valence-electron chi connectivity index (χ2n) is 4.46. The van der Waals surface area contributed by atoms with Gasteiger partial charge in [0.25, 0.3) is 0 Å². The van der Waals surface area contributed by atoms with Crippen molar-refractivity contribution in [3.8, 4) is 0 Å². The summed E-state index contributed by atoms with van der Waals surface area (Å²) in [5.74, 6) is 0. The van der Waals surface area contributed by atoms with E-state index >= 15 is 0 Å². The lowest BCUT2D eigenvalue weighted by Crippen LogP contribution is -2.46. The maximum absolute atomic E-state index is 12.0. The van der Waals surface area contributed by atoms with Crippen molar-refractivity contribution in [2.75, 3.05) is 0 Å². The predicted octanol–water partition coefficient (Wildman–Crippen LogP) is 0.348. The molecule has 1 aliphatic carbocycles. The molecule has 6 nitrogen and oxygen atoms in total. The van der Waals surface area contributed by atoms with Gasteiger partial charge in [-0.25, -0.2) is 13.1 Å². The van der Waals surface area contributed by atoms with Crippen molar-refractivity contribution in [1.29, 1.82) is 0 Å². The summed E-state index contributed by atoms with van der Waals surface area (Å²) < 4.78 is 26.7. The third-order valence-corrected chi connectivity index (χ3v) is 4.62. The van der Waals surface area contributed by atoms with E-state index in [1.807, 2.05) is 0 Å². The lowest BCUT2D eigenvalue weighted by molar-refractivity contribution is 0.456. The zero-order valence-electron chi connectivity index (χ0n) is 9.59. The highest BCUT2D eigenvalue weighted by molar-refractivity contribution is 7.89. The first-order valence-corrected chi connectivity index (χ1v) is 7.34. The Morgan fingerprint density at radius 1 is 1.35 bits per heavy atom. The zero-order valence-corrected chi connectivity index (χ0v) is 10.4. The molecule has 2 unspecified atom stereocenters.